The van der Waals surface area contributed by atoms with Gasteiger partial charge in [-0.3, -0.25) is 0 Å². The lowest BCUT2D eigenvalue weighted by atomic mass is 10.1. The highest BCUT2D eigenvalue weighted by Crippen LogP contribution is 2.20. The van der Waals surface area contributed by atoms with E-state index in [2.05, 4.69) is 4.98 Å². The van der Waals surface area contributed by atoms with E-state index in [1.165, 1.54) is 0 Å². The molecule has 0 aliphatic rings. The molecule has 0 N–H and O–H groups in total. The summed E-state index contributed by atoms with van der Waals surface area (Å²) in [5.41, 5.74) is 0. The molecule has 0 radical (unpaired) electrons. The van der Waals surface area contributed by atoms with E-state index in [0.717, 1.165) is 6.42 Å². The monoisotopic (exact) mass is 246 g/mol. The predicted octanol–water partition coefficient (Wildman–Crippen LogP) is 3.37. The van der Waals surface area contributed by atoms with Gasteiger partial charge in [0, 0.05) is 19.2 Å². The quantitative estimate of drug-likeness (QED) is 0.740. The topological polar surface area (TPSA) is 16.1 Å². The minimum atomic E-state index is -1.26. The summed E-state index contributed by atoms with van der Waals surface area (Å²) in [6.07, 6.45) is 0.932. The Morgan fingerprint density at radius 2 is 1.88 bits per heavy atom. The van der Waals surface area contributed by atoms with Gasteiger partial charge in [0.15, 0.2) is 17.5 Å². The van der Waals surface area contributed by atoms with Gasteiger partial charge in [-0.25, -0.2) is 8.78 Å². The molecule has 0 aliphatic carbocycles. The second kappa shape index (κ2) is 5.89. The van der Waals surface area contributed by atoms with Gasteiger partial charge < -0.3 is 4.90 Å². The molecule has 1 unspecified atom stereocenters. The largest absolute Gasteiger partial charge is 0.354 e. The lowest BCUT2D eigenvalue weighted by molar-refractivity contribution is 0.458. The maximum Gasteiger partial charge on any atom is 0.251 e. The minimum absolute atomic E-state index is 0.119. The van der Waals surface area contributed by atoms with Crippen molar-refractivity contribution in [1.29, 1.82) is 0 Å². The van der Waals surface area contributed by atoms with Gasteiger partial charge in [0.05, 0.1) is 0 Å². The second-order valence-corrected chi connectivity index (χ2v) is 4.12. The third-order valence-corrected chi connectivity index (χ3v) is 2.78. The molecule has 0 saturated carbocycles. The Kier molecular flexibility index (Phi) is 4.78. The van der Waals surface area contributed by atoms with Gasteiger partial charge >= 0.3 is 0 Å². The van der Waals surface area contributed by atoms with Crippen LogP contribution in [0.4, 0.5) is 19.0 Å². The van der Waals surface area contributed by atoms with Crippen molar-refractivity contribution in [2.24, 2.45) is 5.92 Å². The number of halogens is 3. The first-order chi connectivity index (χ1) is 7.99. The summed E-state index contributed by atoms with van der Waals surface area (Å²) < 4.78 is 39.3. The molecular formula is C12H17F3N2. The summed E-state index contributed by atoms with van der Waals surface area (Å²) in [5.74, 6) is -3.13. The van der Waals surface area contributed by atoms with Crippen molar-refractivity contribution < 1.29 is 13.2 Å². The molecule has 1 atom stereocenters. The van der Waals surface area contributed by atoms with Crippen molar-refractivity contribution >= 4 is 5.82 Å². The van der Waals surface area contributed by atoms with E-state index in [4.69, 9.17) is 0 Å². The highest BCUT2D eigenvalue weighted by atomic mass is 19.2. The van der Waals surface area contributed by atoms with E-state index < -0.39 is 17.6 Å². The summed E-state index contributed by atoms with van der Waals surface area (Å²) in [4.78, 5) is 4.96. The van der Waals surface area contributed by atoms with Crippen LogP contribution in [0.25, 0.3) is 0 Å². The lowest BCUT2D eigenvalue weighted by Gasteiger charge is -2.25. The van der Waals surface area contributed by atoms with Gasteiger partial charge in [-0.05, 0) is 12.8 Å². The van der Waals surface area contributed by atoms with Crippen LogP contribution in [-0.2, 0) is 0 Å². The minimum Gasteiger partial charge on any atom is -0.354 e. The average Bonchev–Trinajstić information content (AvgIpc) is 2.30. The highest BCUT2D eigenvalue weighted by Gasteiger charge is 2.17. The smallest absolute Gasteiger partial charge is 0.251 e. The standard InChI is InChI=1S/C12H17F3N2/c1-4-8(3)7-17(5-2)12-10(14)6-9(13)11(15)16-12/h6,8H,4-5,7H2,1-3H3. The molecule has 1 heterocycles. The first-order valence-electron chi connectivity index (χ1n) is 5.76. The molecule has 0 aromatic carbocycles. The summed E-state index contributed by atoms with van der Waals surface area (Å²) in [7, 11) is 0. The van der Waals surface area contributed by atoms with E-state index in [9.17, 15) is 13.2 Å². The molecule has 1 rings (SSSR count). The van der Waals surface area contributed by atoms with Crippen LogP contribution < -0.4 is 4.90 Å². The van der Waals surface area contributed by atoms with Crippen molar-refractivity contribution in [2.45, 2.75) is 27.2 Å². The fraction of sp³-hybridized carbons (Fsp3) is 0.583. The number of aromatic nitrogens is 1. The first kappa shape index (κ1) is 13.8. The Balaban J connectivity index is 2.99. The van der Waals surface area contributed by atoms with Crippen LogP contribution in [0.2, 0.25) is 0 Å². The number of pyridine rings is 1. The maximum absolute atomic E-state index is 13.5. The summed E-state index contributed by atoms with van der Waals surface area (Å²) in [5, 5.41) is 0. The summed E-state index contributed by atoms with van der Waals surface area (Å²) >= 11 is 0. The van der Waals surface area contributed by atoms with Gasteiger partial charge in [-0.2, -0.15) is 9.37 Å². The Labute approximate surface area is 99.5 Å². The van der Waals surface area contributed by atoms with Gasteiger partial charge in [-0.15, -0.1) is 0 Å². The summed E-state index contributed by atoms with van der Waals surface area (Å²) in [6, 6.07) is 0.539. The number of nitrogens with zero attached hydrogens (tertiary/aromatic N) is 2. The molecule has 1 aromatic heterocycles. The van der Waals surface area contributed by atoms with Crippen LogP contribution in [0.15, 0.2) is 6.07 Å². The van der Waals surface area contributed by atoms with Gasteiger partial charge in [-0.1, -0.05) is 20.3 Å². The molecule has 0 spiro atoms. The SMILES string of the molecule is CCC(C)CN(CC)c1nc(F)c(F)cc1F. The van der Waals surface area contributed by atoms with Crippen LogP contribution in [-0.4, -0.2) is 18.1 Å². The third-order valence-electron chi connectivity index (χ3n) is 2.78. The van der Waals surface area contributed by atoms with Crippen LogP contribution >= 0.6 is 0 Å². The predicted molar refractivity (Wildman–Crippen MR) is 61.5 cm³/mol. The lowest BCUT2D eigenvalue weighted by Crippen LogP contribution is -2.30. The average molecular weight is 246 g/mol. The van der Waals surface area contributed by atoms with E-state index in [1.54, 1.807) is 4.90 Å². The molecule has 96 valence electrons. The molecule has 5 heteroatoms. The first-order valence-corrected chi connectivity index (χ1v) is 5.76. The number of hydrogen-bond acceptors (Lipinski definition) is 2. The Hall–Kier alpha value is -1.26. The van der Waals surface area contributed by atoms with E-state index >= 15 is 0 Å². The zero-order valence-electron chi connectivity index (χ0n) is 10.3. The van der Waals surface area contributed by atoms with Crippen molar-refractivity contribution in [3.8, 4) is 0 Å². The molecule has 2 nitrogen and oxygen atoms in total. The highest BCUT2D eigenvalue weighted by molar-refractivity contribution is 5.39. The van der Waals surface area contributed by atoms with E-state index in [1.807, 2.05) is 20.8 Å². The van der Waals surface area contributed by atoms with Crippen molar-refractivity contribution in [3.05, 3.63) is 23.6 Å². The normalized spacial score (nSPS) is 12.6. The van der Waals surface area contributed by atoms with Gasteiger partial charge in [0.25, 0.3) is 5.95 Å². The third kappa shape index (κ3) is 3.35. The van der Waals surface area contributed by atoms with Crippen molar-refractivity contribution in [2.75, 3.05) is 18.0 Å². The van der Waals surface area contributed by atoms with Gasteiger partial charge in [0.2, 0.25) is 0 Å². The molecule has 1 aromatic rings. The maximum atomic E-state index is 13.5. The second-order valence-electron chi connectivity index (χ2n) is 4.12. The van der Waals surface area contributed by atoms with Crippen LogP contribution in [0.1, 0.15) is 27.2 Å². The zero-order chi connectivity index (χ0) is 13.0. The molecule has 0 bridgehead atoms. The summed E-state index contributed by atoms with van der Waals surface area (Å²) in [6.45, 7) is 6.93. The molecular weight excluding hydrogens is 229 g/mol. The van der Waals surface area contributed by atoms with Crippen molar-refractivity contribution in [3.63, 3.8) is 0 Å². The van der Waals surface area contributed by atoms with Gasteiger partial charge in [0.1, 0.15) is 0 Å². The van der Waals surface area contributed by atoms with Crippen LogP contribution in [0.3, 0.4) is 0 Å². The van der Waals surface area contributed by atoms with Crippen molar-refractivity contribution in [1.82, 2.24) is 4.98 Å². The van der Waals surface area contributed by atoms with E-state index in [0.29, 0.717) is 25.1 Å². The molecule has 0 amide bonds. The number of rotatable bonds is 5. The molecule has 0 fully saturated rings. The zero-order valence-corrected chi connectivity index (χ0v) is 10.3. The Bertz CT molecular complexity index is 382. The van der Waals surface area contributed by atoms with Crippen LogP contribution in [0, 0.1) is 23.5 Å². The Morgan fingerprint density at radius 3 is 2.41 bits per heavy atom. The van der Waals surface area contributed by atoms with E-state index in [-0.39, 0.29) is 5.82 Å². The fourth-order valence-corrected chi connectivity index (χ4v) is 1.53. The molecule has 0 aliphatic heterocycles. The number of anilines is 1. The molecule has 17 heavy (non-hydrogen) atoms. The molecule has 0 saturated heterocycles. The Morgan fingerprint density at radius 1 is 1.24 bits per heavy atom. The fourth-order valence-electron chi connectivity index (χ4n) is 1.53. The van der Waals surface area contributed by atoms with Crippen LogP contribution in [0.5, 0.6) is 0 Å². The number of hydrogen-bond donors (Lipinski definition) is 0.